The Morgan fingerprint density at radius 2 is 0.489 bits per heavy atom. The second-order valence-corrected chi connectivity index (χ2v) is 29.9. The molecule has 0 radical (unpaired) electrons. The van der Waals surface area contributed by atoms with Gasteiger partial charge in [-0.2, -0.15) is 0 Å². The zero-order valence-electron chi connectivity index (χ0n) is 61.3. The summed E-state index contributed by atoms with van der Waals surface area (Å²) < 4.78 is 10.4. The third-order valence-corrected chi connectivity index (χ3v) is 19.0. The third-order valence-electron chi connectivity index (χ3n) is 19.0. The minimum absolute atomic E-state index is 0.241. The number of aliphatic carboxylic acids is 2. The molecule has 0 fully saturated rings. The van der Waals surface area contributed by atoms with Gasteiger partial charge in [0.1, 0.15) is 5.41 Å². The van der Waals surface area contributed by atoms with Crippen LogP contribution in [-0.4, -0.2) is 69.7 Å². The van der Waals surface area contributed by atoms with Crippen LogP contribution in [0.5, 0.6) is 0 Å². The molecule has 0 aliphatic heterocycles. The molecule has 0 bridgehead atoms. The highest BCUT2D eigenvalue weighted by atomic mass is 16.6. The number of carbonyl (C=O) groups excluding carboxylic acids is 2. The molecule has 0 aromatic carbocycles. The Kier molecular flexibility index (Phi) is 68.1. The molecule has 4 N–H and O–H groups in total. The van der Waals surface area contributed by atoms with E-state index in [4.69, 9.17) is 9.47 Å². The number of aliphatic hydroxyl groups excluding tert-OH is 2. The molecule has 0 aliphatic rings. The summed E-state index contributed by atoms with van der Waals surface area (Å²) in [5.74, 6) is -0.462. The molecule has 0 spiro atoms. The molecular weight excluding hydrogens is 1120 g/mol. The van der Waals surface area contributed by atoms with Gasteiger partial charge in [-0.05, 0) is 49.4 Å². The van der Waals surface area contributed by atoms with Crippen LogP contribution in [0.1, 0.15) is 434 Å². The molecule has 0 aromatic heterocycles. The van der Waals surface area contributed by atoms with E-state index < -0.39 is 41.5 Å². The van der Waals surface area contributed by atoms with E-state index in [0.717, 1.165) is 94.3 Å². The van der Waals surface area contributed by atoms with Gasteiger partial charge in [0.25, 0.3) is 0 Å². The van der Waals surface area contributed by atoms with Crippen LogP contribution in [0.25, 0.3) is 0 Å². The van der Waals surface area contributed by atoms with E-state index in [0.29, 0.717) is 26.1 Å². The first-order chi connectivity index (χ1) is 43.5. The summed E-state index contributed by atoms with van der Waals surface area (Å²) in [6.45, 7) is 19.1. The number of aliphatic hydroxyl groups is 2. The number of carboxylic acid groups (broad SMARTS) is 2. The van der Waals surface area contributed by atoms with E-state index in [1.54, 1.807) is 0 Å². The van der Waals surface area contributed by atoms with Crippen molar-refractivity contribution in [3.8, 4) is 0 Å². The molecule has 10 nitrogen and oxygen atoms in total. The van der Waals surface area contributed by atoms with Crippen LogP contribution >= 0.6 is 0 Å². The highest BCUT2D eigenvalue weighted by Crippen LogP contribution is 2.37. The SMILES string of the molecule is CC(C)CCCCCCCCCCCCCCCC(CCCCCCCCCCCCCCCC(C)C)(C(=O)O)C(O)C(=O)O.CC(C)CCCCCCCCCCCCCCCOC(=O)CC(O)C(=O)OCCCCCCCCCCCCCCCC(C)C. The largest absolute Gasteiger partial charge is 0.481 e. The van der Waals surface area contributed by atoms with E-state index in [9.17, 15) is 39.6 Å². The lowest BCUT2D eigenvalue weighted by Gasteiger charge is -2.32. The van der Waals surface area contributed by atoms with E-state index in [1.807, 2.05) is 0 Å². The molecule has 0 heterocycles. The van der Waals surface area contributed by atoms with Crippen molar-refractivity contribution in [1.29, 1.82) is 0 Å². The smallest absolute Gasteiger partial charge is 0.335 e. The van der Waals surface area contributed by atoms with Gasteiger partial charge in [0, 0.05) is 0 Å². The van der Waals surface area contributed by atoms with Crippen molar-refractivity contribution >= 4 is 23.9 Å². The Morgan fingerprint density at radius 3 is 0.700 bits per heavy atom. The maximum absolute atomic E-state index is 12.3. The maximum Gasteiger partial charge on any atom is 0.335 e. The number of hydrogen-bond donors (Lipinski definition) is 4. The van der Waals surface area contributed by atoms with Gasteiger partial charge in [-0.1, -0.05) is 402 Å². The van der Waals surface area contributed by atoms with Crippen LogP contribution < -0.4 is 0 Å². The molecule has 0 saturated heterocycles. The lowest BCUT2D eigenvalue weighted by molar-refractivity contribution is -0.171. The average molecular weight is 1280 g/mol. The fourth-order valence-electron chi connectivity index (χ4n) is 12.8. The summed E-state index contributed by atoms with van der Waals surface area (Å²) in [5.41, 5.74) is -1.57. The molecule has 0 rings (SSSR count). The van der Waals surface area contributed by atoms with Crippen molar-refractivity contribution in [2.24, 2.45) is 29.1 Å². The predicted molar refractivity (Wildman–Crippen MR) is 383 cm³/mol. The summed E-state index contributed by atoms with van der Waals surface area (Å²) in [6, 6.07) is 0. The monoisotopic (exact) mass is 1280 g/mol. The summed E-state index contributed by atoms with van der Waals surface area (Å²) in [7, 11) is 0. The molecule has 0 amide bonds. The summed E-state index contributed by atoms with van der Waals surface area (Å²) >= 11 is 0. The highest BCUT2D eigenvalue weighted by Gasteiger charge is 2.48. The maximum atomic E-state index is 12.3. The number of unbranched alkanes of at least 4 members (excludes halogenated alkanes) is 48. The van der Waals surface area contributed by atoms with Gasteiger partial charge in [0.15, 0.2) is 12.2 Å². The molecule has 0 saturated carbocycles. The zero-order valence-corrected chi connectivity index (χ0v) is 61.3. The Labute approximate surface area is 559 Å². The first-order valence-electron chi connectivity index (χ1n) is 39.6. The first-order valence-corrected chi connectivity index (χ1v) is 39.6. The van der Waals surface area contributed by atoms with Crippen LogP contribution in [-0.2, 0) is 28.7 Å². The van der Waals surface area contributed by atoms with Crippen LogP contribution in [0.15, 0.2) is 0 Å². The quantitative estimate of drug-likeness (QED) is 0.0340. The van der Waals surface area contributed by atoms with Gasteiger partial charge >= 0.3 is 23.9 Å². The molecule has 2 unspecified atom stereocenters. The zero-order chi connectivity index (χ0) is 66.8. The Hall–Kier alpha value is -2.20. The Balaban J connectivity index is 0. The molecule has 90 heavy (non-hydrogen) atoms. The Bertz CT molecular complexity index is 1490. The van der Waals surface area contributed by atoms with Gasteiger partial charge in [-0.3, -0.25) is 9.59 Å². The van der Waals surface area contributed by atoms with Gasteiger partial charge in [0.05, 0.1) is 19.6 Å². The van der Waals surface area contributed by atoms with Crippen molar-refractivity contribution in [2.45, 2.75) is 446 Å². The van der Waals surface area contributed by atoms with E-state index >= 15 is 0 Å². The lowest BCUT2D eigenvalue weighted by Crippen LogP contribution is -2.47. The van der Waals surface area contributed by atoms with Crippen LogP contribution in [0, 0.1) is 29.1 Å². The summed E-state index contributed by atoms with van der Waals surface area (Å²) in [6.07, 6.45) is 66.9. The average Bonchev–Trinajstić information content (AvgIpc) is 1.78. The molecular formula is C80H156O10. The minimum atomic E-state index is -1.85. The van der Waals surface area contributed by atoms with Crippen molar-refractivity contribution in [3.63, 3.8) is 0 Å². The highest BCUT2D eigenvalue weighted by molar-refractivity contribution is 5.85. The number of ether oxygens (including phenoxy) is 2. The molecule has 0 aromatic rings. The first kappa shape index (κ1) is 89.9. The summed E-state index contributed by atoms with van der Waals surface area (Å²) in [4.78, 5) is 48.0. The van der Waals surface area contributed by atoms with E-state index in [-0.39, 0.29) is 19.3 Å². The Morgan fingerprint density at radius 1 is 0.289 bits per heavy atom. The van der Waals surface area contributed by atoms with Gasteiger partial charge in [0.2, 0.25) is 0 Å². The topological polar surface area (TPSA) is 168 Å². The van der Waals surface area contributed by atoms with Crippen LogP contribution in [0.3, 0.4) is 0 Å². The van der Waals surface area contributed by atoms with E-state index in [2.05, 4.69) is 55.4 Å². The van der Waals surface area contributed by atoms with Gasteiger partial charge in [-0.25, -0.2) is 9.59 Å². The number of esters is 2. The van der Waals surface area contributed by atoms with E-state index in [1.165, 1.54) is 276 Å². The van der Waals surface area contributed by atoms with Crippen LogP contribution in [0.2, 0.25) is 0 Å². The number of rotatable bonds is 70. The predicted octanol–water partition coefficient (Wildman–Crippen LogP) is 24.6. The standard InChI is InChI=1S/2C40H78O5/c1-36(2)31-27-23-19-15-11-7-5-9-13-17-21-25-29-33-44-39(42)35-38(41)40(43)45-34-30-26-22-18-14-10-6-8-12-16-20-24-28-32-37(3)4;1-35(2)31-27-23-19-15-11-7-5-9-13-17-21-25-29-33-40(39(44)45,37(41)38(42)43)34-30-26-22-18-14-10-6-8-12-16-20-24-28-32-36(3)4/h36-38,41H,5-35H2,1-4H3;35-37,41H,5-34H2,1-4H3,(H,42,43)(H,44,45). The van der Waals surface area contributed by atoms with Crippen LogP contribution in [0.4, 0.5) is 0 Å². The molecule has 2 atom stereocenters. The fraction of sp³-hybridized carbons (Fsp3) is 0.950. The van der Waals surface area contributed by atoms with Gasteiger partial charge in [-0.15, -0.1) is 0 Å². The minimum Gasteiger partial charge on any atom is -0.481 e. The van der Waals surface area contributed by atoms with Crippen molar-refractivity contribution in [3.05, 3.63) is 0 Å². The molecule has 0 aliphatic carbocycles. The fourth-order valence-corrected chi connectivity index (χ4v) is 12.8. The molecule has 10 heteroatoms. The van der Waals surface area contributed by atoms with Gasteiger partial charge < -0.3 is 29.9 Å². The third kappa shape index (κ3) is 64.5. The number of hydrogen-bond acceptors (Lipinski definition) is 8. The lowest BCUT2D eigenvalue weighted by atomic mass is 9.73. The second-order valence-electron chi connectivity index (χ2n) is 29.9. The van der Waals surface area contributed by atoms with Crippen molar-refractivity contribution in [1.82, 2.24) is 0 Å². The normalized spacial score (nSPS) is 12.5. The van der Waals surface area contributed by atoms with Crippen molar-refractivity contribution < 1.29 is 49.1 Å². The number of carboxylic acids is 2. The second kappa shape index (κ2) is 68.2. The number of carbonyl (C=O) groups is 4. The molecule has 536 valence electrons. The summed E-state index contributed by atoms with van der Waals surface area (Å²) in [5, 5.41) is 40.1. The van der Waals surface area contributed by atoms with Crippen molar-refractivity contribution in [2.75, 3.05) is 13.2 Å².